The van der Waals surface area contributed by atoms with Crippen molar-refractivity contribution >= 4 is 23.3 Å². The average Bonchev–Trinajstić information content (AvgIpc) is 3.22. The van der Waals surface area contributed by atoms with Gasteiger partial charge in [-0.05, 0) is 31.2 Å². The Bertz CT molecular complexity index is 1170. The molecule has 5 rings (SSSR count). The van der Waals surface area contributed by atoms with E-state index in [-0.39, 0.29) is 28.9 Å². The number of hydrogen-bond donors (Lipinski definition) is 1. The van der Waals surface area contributed by atoms with E-state index in [1.165, 1.54) is 17.7 Å². The molecule has 0 fully saturated rings. The summed E-state index contributed by atoms with van der Waals surface area (Å²) >= 11 is 0. The number of rotatable bonds is 1. The van der Waals surface area contributed by atoms with Gasteiger partial charge in [-0.2, -0.15) is 10.2 Å². The monoisotopic (exact) mass is 411 g/mol. The lowest BCUT2D eigenvalue weighted by Crippen LogP contribution is -2.17. The van der Waals surface area contributed by atoms with Crippen molar-refractivity contribution in [3.8, 4) is 6.07 Å². The Kier molecular flexibility index (Phi) is 5.04. The van der Waals surface area contributed by atoms with E-state index < -0.39 is 0 Å². The van der Waals surface area contributed by atoms with Gasteiger partial charge in [-0.15, -0.1) is 0 Å². The minimum Gasteiger partial charge on any atom is -0.492 e. The quantitative estimate of drug-likeness (QED) is 0.717. The molecule has 1 aromatic heterocycles. The molecule has 0 saturated carbocycles. The van der Waals surface area contributed by atoms with E-state index in [0.717, 1.165) is 49.3 Å². The number of fused-ring (bicyclic) bond motifs is 5. The van der Waals surface area contributed by atoms with Gasteiger partial charge in [-0.3, -0.25) is 4.79 Å². The standard InChI is InChI=1S/C24H21N5O2/c25-14-16-12-20(30)19-13-21(16)31-11-5-4-10-26-23-18-9-8-17(15-6-2-1-3-7-15)22(18)28-24(27-19)29-23/h1-3,6-7,12-13,17H,4-5,8-11H2,(H,26,28,29). The van der Waals surface area contributed by atoms with Gasteiger partial charge < -0.3 is 10.1 Å². The molecule has 0 spiro atoms. The van der Waals surface area contributed by atoms with Gasteiger partial charge in [0.2, 0.25) is 5.78 Å². The molecule has 1 aromatic carbocycles. The SMILES string of the molecule is N#CC1=CC(=O)C2=Nc3nc(c4c(n3)C(c3ccccc3)CC4)NCCCCOC1=C2. The van der Waals surface area contributed by atoms with Gasteiger partial charge in [0.05, 0.1) is 17.9 Å². The van der Waals surface area contributed by atoms with Crippen LogP contribution in [-0.2, 0) is 16.0 Å². The number of nitrogens with zero attached hydrogens (tertiary/aromatic N) is 4. The number of allylic oxidation sites excluding steroid dienone is 3. The van der Waals surface area contributed by atoms with Crippen LogP contribution in [0, 0.1) is 11.3 Å². The summed E-state index contributed by atoms with van der Waals surface area (Å²) in [6.07, 6.45) is 6.37. The first-order valence-electron chi connectivity index (χ1n) is 10.5. The van der Waals surface area contributed by atoms with E-state index in [0.29, 0.717) is 12.4 Å². The smallest absolute Gasteiger partial charge is 0.252 e. The highest BCUT2D eigenvalue weighted by molar-refractivity contribution is 6.49. The van der Waals surface area contributed by atoms with Crippen LogP contribution in [-0.4, -0.2) is 34.6 Å². The number of nitriles is 1. The van der Waals surface area contributed by atoms with E-state index in [2.05, 4.69) is 27.4 Å². The Morgan fingerprint density at radius 2 is 2.00 bits per heavy atom. The van der Waals surface area contributed by atoms with Gasteiger partial charge in [0.15, 0.2) is 0 Å². The van der Waals surface area contributed by atoms with Crippen molar-refractivity contribution in [2.45, 2.75) is 31.6 Å². The molecule has 0 radical (unpaired) electrons. The summed E-state index contributed by atoms with van der Waals surface area (Å²) in [5.74, 6) is 1.24. The van der Waals surface area contributed by atoms with Crippen LogP contribution < -0.4 is 5.32 Å². The Hall–Kier alpha value is -3.79. The predicted octanol–water partition coefficient (Wildman–Crippen LogP) is 3.77. The summed E-state index contributed by atoms with van der Waals surface area (Å²) in [5, 5.41) is 12.8. The van der Waals surface area contributed by atoms with Crippen molar-refractivity contribution in [2.75, 3.05) is 18.5 Å². The molecule has 1 atom stereocenters. The number of hydrogen-bond acceptors (Lipinski definition) is 7. The zero-order chi connectivity index (χ0) is 21.2. The maximum absolute atomic E-state index is 12.5. The molecule has 1 aliphatic heterocycles. The highest BCUT2D eigenvalue weighted by Crippen LogP contribution is 2.40. The number of aliphatic imine (C=N–C) groups is 1. The molecule has 4 bridgehead atoms. The molecule has 0 amide bonds. The number of ketones is 1. The minimum atomic E-state index is -0.350. The van der Waals surface area contributed by atoms with Gasteiger partial charge in [-0.25, -0.2) is 9.98 Å². The van der Waals surface area contributed by atoms with Crippen LogP contribution in [0.3, 0.4) is 0 Å². The molecule has 154 valence electrons. The van der Waals surface area contributed by atoms with E-state index in [1.54, 1.807) is 0 Å². The van der Waals surface area contributed by atoms with Crippen LogP contribution in [0.4, 0.5) is 11.8 Å². The summed E-state index contributed by atoms with van der Waals surface area (Å²) in [6.45, 7) is 1.21. The average molecular weight is 411 g/mol. The van der Waals surface area contributed by atoms with E-state index in [1.807, 2.05) is 24.3 Å². The van der Waals surface area contributed by atoms with E-state index in [4.69, 9.17) is 9.72 Å². The number of ether oxygens (including phenoxy) is 1. The lowest BCUT2D eigenvalue weighted by atomic mass is 9.97. The molecule has 3 aliphatic rings. The second-order valence-corrected chi connectivity index (χ2v) is 7.76. The third-order valence-electron chi connectivity index (χ3n) is 5.77. The fourth-order valence-corrected chi connectivity index (χ4v) is 4.22. The van der Waals surface area contributed by atoms with E-state index in [9.17, 15) is 10.1 Å². The van der Waals surface area contributed by atoms with Crippen LogP contribution in [0.15, 0.2) is 58.8 Å². The summed E-state index contributed by atoms with van der Waals surface area (Å²) < 4.78 is 5.76. The second-order valence-electron chi connectivity index (χ2n) is 7.76. The molecule has 31 heavy (non-hydrogen) atoms. The topological polar surface area (TPSA) is 100 Å². The zero-order valence-corrected chi connectivity index (χ0v) is 17.0. The Labute approximate surface area is 180 Å². The molecule has 1 unspecified atom stereocenters. The predicted molar refractivity (Wildman–Crippen MR) is 116 cm³/mol. The minimum absolute atomic E-state index is 0.174. The van der Waals surface area contributed by atoms with Crippen LogP contribution in [0.25, 0.3) is 0 Å². The van der Waals surface area contributed by atoms with Crippen LogP contribution in [0.5, 0.6) is 0 Å². The normalized spacial score (nSPS) is 20.3. The molecule has 1 N–H and O–H groups in total. The molecular formula is C24H21N5O2. The fourth-order valence-electron chi connectivity index (χ4n) is 4.22. The third-order valence-corrected chi connectivity index (χ3v) is 5.77. The van der Waals surface area contributed by atoms with Crippen molar-refractivity contribution < 1.29 is 9.53 Å². The maximum Gasteiger partial charge on any atom is 0.252 e. The lowest BCUT2D eigenvalue weighted by molar-refractivity contribution is -0.108. The Morgan fingerprint density at radius 1 is 1.13 bits per heavy atom. The number of aromatic nitrogens is 2. The van der Waals surface area contributed by atoms with Crippen molar-refractivity contribution in [1.82, 2.24) is 9.97 Å². The molecule has 7 nitrogen and oxygen atoms in total. The van der Waals surface area contributed by atoms with Crippen LogP contribution in [0.1, 0.15) is 42.0 Å². The Morgan fingerprint density at radius 3 is 2.84 bits per heavy atom. The van der Waals surface area contributed by atoms with Gasteiger partial charge in [0, 0.05) is 30.2 Å². The highest BCUT2D eigenvalue weighted by atomic mass is 16.5. The summed E-state index contributed by atoms with van der Waals surface area (Å²) in [6, 6.07) is 12.4. The summed E-state index contributed by atoms with van der Waals surface area (Å²) in [7, 11) is 0. The number of anilines is 1. The van der Waals surface area contributed by atoms with Gasteiger partial charge in [-0.1, -0.05) is 30.3 Å². The number of benzene rings is 1. The molecule has 2 aromatic rings. The van der Waals surface area contributed by atoms with Gasteiger partial charge >= 0.3 is 0 Å². The molecule has 2 aliphatic carbocycles. The zero-order valence-electron chi connectivity index (χ0n) is 17.0. The first-order valence-corrected chi connectivity index (χ1v) is 10.5. The summed E-state index contributed by atoms with van der Waals surface area (Å²) in [4.78, 5) is 26.4. The van der Waals surface area contributed by atoms with Gasteiger partial charge in [0.25, 0.3) is 5.95 Å². The highest BCUT2D eigenvalue weighted by Gasteiger charge is 2.30. The first-order chi connectivity index (χ1) is 15.2. The van der Waals surface area contributed by atoms with Crippen LogP contribution >= 0.6 is 0 Å². The van der Waals surface area contributed by atoms with Crippen LogP contribution in [0.2, 0.25) is 0 Å². The number of carbonyl (C=O) groups is 1. The molecule has 7 heteroatoms. The van der Waals surface area contributed by atoms with E-state index >= 15 is 0 Å². The molecule has 0 saturated heterocycles. The largest absolute Gasteiger partial charge is 0.492 e. The number of nitrogens with one attached hydrogen (secondary N) is 1. The number of carbonyl (C=O) groups excluding carboxylic acids is 1. The Balaban J connectivity index is 1.62. The van der Waals surface area contributed by atoms with Gasteiger partial charge in [0.1, 0.15) is 23.4 Å². The van der Waals surface area contributed by atoms with Crippen molar-refractivity contribution in [1.29, 1.82) is 5.26 Å². The maximum atomic E-state index is 12.5. The molecular weight excluding hydrogens is 390 g/mol. The molecule has 2 heterocycles. The van der Waals surface area contributed by atoms with Crippen molar-refractivity contribution in [3.63, 3.8) is 0 Å². The van der Waals surface area contributed by atoms with Crippen molar-refractivity contribution in [3.05, 3.63) is 70.6 Å². The van der Waals surface area contributed by atoms with Crippen molar-refractivity contribution in [2.24, 2.45) is 4.99 Å². The third kappa shape index (κ3) is 3.73. The first kappa shape index (κ1) is 19.2. The second kappa shape index (κ2) is 8.15. The summed E-state index contributed by atoms with van der Waals surface area (Å²) in [5.41, 5.74) is 3.70. The fraction of sp³-hybridized carbons (Fsp3) is 0.292. The lowest BCUT2D eigenvalue weighted by Gasteiger charge is -2.14.